The van der Waals surface area contributed by atoms with Crippen LogP contribution in [0.15, 0.2) is 48.5 Å². The van der Waals surface area contributed by atoms with Gasteiger partial charge in [0.2, 0.25) is 0 Å². The van der Waals surface area contributed by atoms with Crippen molar-refractivity contribution in [2.75, 3.05) is 0 Å². The van der Waals surface area contributed by atoms with Gasteiger partial charge in [0, 0.05) is 5.02 Å². The van der Waals surface area contributed by atoms with Crippen LogP contribution in [0.4, 0.5) is 0 Å². The quantitative estimate of drug-likeness (QED) is 0.637. The van der Waals surface area contributed by atoms with Crippen LogP contribution < -0.4 is 0 Å². The predicted octanol–water partition coefficient (Wildman–Crippen LogP) is 6.16. The smallest absolute Gasteiger partial charge is 0.0408 e. The molecule has 0 radical (unpaired) electrons. The van der Waals surface area contributed by atoms with E-state index in [-0.39, 0.29) is 10.8 Å². The van der Waals surface area contributed by atoms with Gasteiger partial charge in [-0.05, 0) is 46.1 Å². The lowest BCUT2D eigenvalue weighted by atomic mass is 9.78. The van der Waals surface area contributed by atoms with E-state index >= 15 is 0 Å². The molecule has 0 nitrogen and oxygen atoms in total. The van der Waals surface area contributed by atoms with Crippen molar-refractivity contribution in [2.24, 2.45) is 0 Å². The van der Waals surface area contributed by atoms with E-state index in [2.05, 4.69) is 71.0 Å². The van der Waals surface area contributed by atoms with Crippen molar-refractivity contribution in [1.82, 2.24) is 0 Å². The fraction of sp³-hybridized carbons (Fsp3) is 0.400. The Kier molecular flexibility index (Phi) is 4.49. The van der Waals surface area contributed by atoms with E-state index in [1.54, 1.807) is 0 Å². The summed E-state index contributed by atoms with van der Waals surface area (Å²) >= 11 is 6.14. The van der Waals surface area contributed by atoms with Crippen LogP contribution in [0.1, 0.15) is 51.3 Å². The average molecular weight is 301 g/mol. The predicted molar refractivity (Wildman–Crippen MR) is 93.3 cm³/mol. The van der Waals surface area contributed by atoms with Gasteiger partial charge in [-0.25, -0.2) is 0 Å². The summed E-state index contributed by atoms with van der Waals surface area (Å²) in [6.07, 6.45) is 1.01. The van der Waals surface area contributed by atoms with E-state index in [0.29, 0.717) is 0 Å². The minimum atomic E-state index is 0.0708. The maximum absolute atomic E-state index is 6.14. The lowest BCUT2D eigenvalue weighted by molar-refractivity contribution is 0.520. The molecule has 2 aromatic carbocycles. The zero-order valence-corrected chi connectivity index (χ0v) is 14.5. The fourth-order valence-electron chi connectivity index (χ4n) is 2.67. The number of benzene rings is 2. The third kappa shape index (κ3) is 4.11. The summed E-state index contributed by atoms with van der Waals surface area (Å²) in [5.74, 6) is 0. The van der Waals surface area contributed by atoms with Gasteiger partial charge in [-0.1, -0.05) is 82.6 Å². The normalized spacial score (nSPS) is 12.5. The first-order valence-electron chi connectivity index (χ1n) is 7.54. The molecule has 0 fully saturated rings. The third-order valence-electron chi connectivity index (χ3n) is 4.05. The molecule has 0 heterocycles. The summed E-state index contributed by atoms with van der Waals surface area (Å²) in [5, 5.41) is 0.809. The summed E-state index contributed by atoms with van der Waals surface area (Å²) in [6.45, 7) is 11.3. The van der Waals surface area contributed by atoms with Crippen molar-refractivity contribution in [3.8, 4) is 0 Å². The summed E-state index contributed by atoms with van der Waals surface area (Å²) < 4.78 is 0. The molecule has 0 saturated heterocycles. The molecule has 0 N–H and O–H groups in total. The number of halogens is 1. The highest BCUT2D eigenvalue weighted by Gasteiger charge is 2.22. The Labute approximate surface area is 134 Å². The van der Waals surface area contributed by atoms with Gasteiger partial charge in [-0.2, -0.15) is 0 Å². The van der Waals surface area contributed by atoms with Crippen LogP contribution in [0.5, 0.6) is 0 Å². The zero-order chi connectivity index (χ0) is 15.7. The summed E-state index contributed by atoms with van der Waals surface area (Å²) in [6, 6.07) is 17.2. The van der Waals surface area contributed by atoms with E-state index in [0.717, 1.165) is 11.4 Å². The van der Waals surface area contributed by atoms with Gasteiger partial charge in [-0.3, -0.25) is 0 Å². The highest BCUT2D eigenvalue weighted by atomic mass is 35.5. The van der Waals surface area contributed by atoms with Crippen LogP contribution >= 0.6 is 11.6 Å². The van der Waals surface area contributed by atoms with Crippen LogP contribution in [0, 0.1) is 0 Å². The molecule has 0 bridgehead atoms. The Morgan fingerprint density at radius 3 is 2.05 bits per heavy atom. The van der Waals surface area contributed by atoms with E-state index in [9.17, 15) is 0 Å². The van der Waals surface area contributed by atoms with Crippen molar-refractivity contribution < 1.29 is 0 Å². The Morgan fingerprint density at radius 1 is 0.810 bits per heavy atom. The van der Waals surface area contributed by atoms with Crippen LogP contribution in [-0.2, 0) is 17.3 Å². The molecule has 0 aromatic heterocycles. The van der Waals surface area contributed by atoms with Gasteiger partial charge in [0.1, 0.15) is 0 Å². The first-order chi connectivity index (χ1) is 9.68. The Hall–Kier alpha value is -1.27. The summed E-state index contributed by atoms with van der Waals surface area (Å²) in [4.78, 5) is 0. The maximum atomic E-state index is 6.14. The second kappa shape index (κ2) is 5.85. The van der Waals surface area contributed by atoms with Crippen molar-refractivity contribution in [3.63, 3.8) is 0 Å². The van der Waals surface area contributed by atoms with E-state index < -0.39 is 0 Å². The van der Waals surface area contributed by atoms with Crippen molar-refractivity contribution in [3.05, 3.63) is 70.2 Å². The second-order valence-electron chi connectivity index (χ2n) is 7.52. The van der Waals surface area contributed by atoms with E-state index in [1.807, 2.05) is 12.1 Å². The molecule has 0 amide bonds. The first kappa shape index (κ1) is 16.1. The molecule has 2 aromatic rings. The number of hydrogen-bond acceptors (Lipinski definition) is 0. The van der Waals surface area contributed by atoms with Gasteiger partial charge in [-0.15, -0.1) is 0 Å². The van der Waals surface area contributed by atoms with Gasteiger partial charge in [0.15, 0.2) is 0 Å². The Morgan fingerprint density at radius 2 is 1.43 bits per heavy atom. The molecule has 0 saturated carbocycles. The van der Waals surface area contributed by atoms with Crippen molar-refractivity contribution >= 4 is 11.6 Å². The molecule has 0 aliphatic rings. The Bertz CT molecular complexity index is 618. The van der Waals surface area contributed by atoms with Gasteiger partial charge < -0.3 is 0 Å². The number of hydrogen-bond donors (Lipinski definition) is 0. The van der Waals surface area contributed by atoms with Crippen LogP contribution in [0.3, 0.4) is 0 Å². The topological polar surface area (TPSA) is 0 Å². The molecule has 1 heteroatoms. The molecule has 0 spiro atoms. The molecule has 0 unspecified atom stereocenters. The van der Waals surface area contributed by atoms with Crippen molar-refractivity contribution in [1.29, 1.82) is 0 Å². The van der Waals surface area contributed by atoms with Gasteiger partial charge in [0.05, 0.1) is 0 Å². The van der Waals surface area contributed by atoms with Crippen LogP contribution in [0.2, 0.25) is 5.02 Å². The first-order valence-corrected chi connectivity index (χ1v) is 7.92. The van der Waals surface area contributed by atoms with Gasteiger partial charge >= 0.3 is 0 Å². The SMILES string of the molecule is CC(C)(C)c1cccc(CC(C)(C)c2cccc(Cl)c2)c1. The summed E-state index contributed by atoms with van der Waals surface area (Å²) in [7, 11) is 0. The van der Waals surface area contributed by atoms with E-state index in [4.69, 9.17) is 11.6 Å². The van der Waals surface area contributed by atoms with Crippen LogP contribution in [-0.4, -0.2) is 0 Å². The second-order valence-corrected chi connectivity index (χ2v) is 7.96. The van der Waals surface area contributed by atoms with E-state index in [1.165, 1.54) is 16.7 Å². The fourth-order valence-corrected chi connectivity index (χ4v) is 2.86. The van der Waals surface area contributed by atoms with Crippen LogP contribution in [0.25, 0.3) is 0 Å². The lowest BCUT2D eigenvalue weighted by Gasteiger charge is -2.27. The molecule has 112 valence electrons. The summed E-state index contributed by atoms with van der Waals surface area (Å²) in [5.41, 5.74) is 4.32. The standard InChI is InChI=1S/C20H25Cl/c1-19(2,3)16-9-6-8-15(12-16)14-20(4,5)17-10-7-11-18(21)13-17/h6-13H,14H2,1-5H3. The zero-order valence-electron chi connectivity index (χ0n) is 13.7. The highest BCUT2D eigenvalue weighted by molar-refractivity contribution is 6.30. The van der Waals surface area contributed by atoms with Gasteiger partial charge in [0.25, 0.3) is 0 Å². The number of rotatable bonds is 3. The minimum absolute atomic E-state index is 0.0708. The highest BCUT2D eigenvalue weighted by Crippen LogP contribution is 2.31. The molecule has 0 aliphatic heterocycles. The maximum Gasteiger partial charge on any atom is 0.0408 e. The molecule has 2 rings (SSSR count). The molecule has 21 heavy (non-hydrogen) atoms. The lowest BCUT2D eigenvalue weighted by Crippen LogP contribution is -2.21. The molecular weight excluding hydrogens is 276 g/mol. The third-order valence-corrected chi connectivity index (χ3v) is 4.28. The monoisotopic (exact) mass is 300 g/mol. The minimum Gasteiger partial charge on any atom is -0.0843 e. The Balaban J connectivity index is 2.28. The molecule has 0 atom stereocenters. The van der Waals surface area contributed by atoms with Crippen molar-refractivity contribution in [2.45, 2.75) is 51.9 Å². The average Bonchev–Trinajstić information content (AvgIpc) is 2.37. The largest absolute Gasteiger partial charge is 0.0843 e. The molecular formula is C20H25Cl. The molecule has 0 aliphatic carbocycles.